The number of ether oxygens (including phenoxy) is 1. The smallest absolute Gasteiger partial charge is 0.260 e. The number of hydrogen-bond donors (Lipinski definition) is 1. The van der Waals surface area contributed by atoms with Crippen molar-refractivity contribution in [2.75, 3.05) is 18.5 Å². The van der Waals surface area contributed by atoms with Crippen molar-refractivity contribution < 1.29 is 4.74 Å². The van der Waals surface area contributed by atoms with Gasteiger partial charge in [-0.1, -0.05) is 54.1 Å². The Labute approximate surface area is 237 Å². The van der Waals surface area contributed by atoms with Gasteiger partial charge in [0.1, 0.15) is 5.65 Å². The summed E-state index contributed by atoms with van der Waals surface area (Å²) in [5.74, 6) is 0.512. The molecule has 8 heteroatoms. The number of nitrogens with zero attached hydrogens (tertiary/aromatic N) is 4. The molecule has 1 saturated heterocycles. The van der Waals surface area contributed by atoms with Gasteiger partial charge in [0.25, 0.3) is 5.56 Å². The maximum atomic E-state index is 14.1. The van der Waals surface area contributed by atoms with Crippen LogP contribution >= 0.6 is 11.6 Å². The van der Waals surface area contributed by atoms with Gasteiger partial charge in [0, 0.05) is 58.2 Å². The molecule has 0 amide bonds. The molecular weight excluding hydrogens is 522 g/mol. The van der Waals surface area contributed by atoms with Gasteiger partial charge in [-0.25, -0.2) is 4.98 Å². The van der Waals surface area contributed by atoms with Crippen molar-refractivity contribution in [1.82, 2.24) is 19.5 Å². The summed E-state index contributed by atoms with van der Waals surface area (Å²) in [5.41, 5.74) is 6.40. The summed E-state index contributed by atoms with van der Waals surface area (Å²) in [7, 11) is 0. The first-order valence-corrected chi connectivity index (χ1v) is 13.9. The van der Waals surface area contributed by atoms with Gasteiger partial charge in [0.2, 0.25) is 5.95 Å². The quantitative estimate of drug-likeness (QED) is 0.262. The Morgan fingerprint density at radius 2 is 1.80 bits per heavy atom. The first kappa shape index (κ1) is 26.2. The number of anilines is 1. The van der Waals surface area contributed by atoms with E-state index >= 15 is 0 Å². The van der Waals surface area contributed by atoms with Gasteiger partial charge in [0.05, 0.1) is 12.2 Å². The van der Waals surface area contributed by atoms with E-state index in [0.29, 0.717) is 47.5 Å². The van der Waals surface area contributed by atoms with Gasteiger partial charge in [-0.15, -0.1) is 0 Å². The first-order chi connectivity index (χ1) is 19.5. The molecular formula is C32H30ClN5O2. The summed E-state index contributed by atoms with van der Waals surface area (Å²) < 4.78 is 7.21. The predicted octanol–water partition coefficient (Wildman–Crippen LogP) is 6.43. The molecule has 7 nitrogen and oxygen atoms in total. The lowest BCUT2D eigenvalue weighted by molar-refractivity contribution is 0.0903. The van der Waals surface area contributed by atoms with Crippen molar-refractivity contribution in [3.8, 4) is 22.4 Å². The van der Waals surface area contributed by atoms with Gasteiger partial charge in [-0.2, -0.15) is 4.98 Å². The fourth-order valence-electron chi connectivity index (χ4n) is 5.15. The zero-order chi connectivity index (χ0) is 27.6. The number of nitrogens with one attached hydrogen (secondary N) is 1. The summed E-state index contributed by atoms with van der Waals surface area (Å²) in [6.45, 7) is 5.82. The zero-order valence-electron chi connectivity index (χ0n) is 22.5. The number of rotatable bonds is 6. The first-order valence-electron chi connectivity index (χ1n) is 13.5. The minimum Gasteiger partial charge on any atom is -0.381 e. The Morgan fingerprint density at radius 1 is 0.975 bits per heavy atom. The molecule has 5 aromatic rings. The van der Waals surface area contributed by atoms with Crippen LogP contribution < -0.4 is 10.9 Å². The monoisotopic (exact) mass is 551 g/mol. The van der Waals surface area contributed by atoms with Crippen LogP contribution in [0.3, 0.4) is 0 Å². The summed E-state index contributed by atoms with van der Waals surface area (Å²) in [5, 5.41) is 4.68. The lowest BCUT2D eigenvalue weighted by atomic mass is 10.0. The minimum absolute atomic E-state index is 0.158. The molecule has 3 aromatic heterocycles. The average molecular weight is 552 g/mol. The summed E-state index contributed by atoms with van der Waals surface area (Å²) in [4.78, 5) is 28.2. The standard InChI is InChI=1S/C32H30ClN5O2/c1-20-6-3-4-8-23(20)19-38-30-24(18-34-32(37-30)36-25-12-14-40-15-13-25)16-27(31(38)39)26-11-10-22(17-28(26)33)29-9-5-7-21(2)35-29/h3-11,16-18,25H,12-15,19H2,1-2H3,(H,34,36,37). The van der Waals surface area contributed by atoms with Crippen molar-refractivity contribution in [1.29, 1.82) is 0 Å². The molecule has 1 aliphatic rings. The second kappa shape index (κ2) is 11.2. The Bertz CT molecular complexity index is 1760. The Morgan fingerprint density at radius 3 is 2.58 bits per heavy atom. The van der Waals surface area contributed by atoms with Crippen LogP contribution in [0.25, 0.3) is 33.4 Å². The number of pyridine rings is 2. The van der Waals surface area contributed by atoms with Crippen molar-refractivity contribution in [3.05, 3.63) is 105 Å². The molecule has 0 atom stereocenters. The molecule has 0 saturated carbocycles. The van der Waals surface area contributed by atoms with Gasteiger partial charge >= 0.3 is 0 Å². The zero-order valence-corrected chi connectivity index (χ0v) is 23.3. The van der Waals surface area contributed by atoms with Gasteiger partial charge in [-0.05, 0) is 62.1 Å². The molecule has 1 fully saturated rings. The lowest BCUT2D eigenvalue weighted by Gasteiger charge is -2.23. The molecule has 4 heterocycles. The molecule has 6 rings (SSSR count). The third-order valence-electron chi connectivity index (χ3n) is 7.41. The fourth-order valence-corrected chi connectivity index (χ4v) is 5.43. The highest BCUT2D eigenvalue weighted by Crippen LogP contribution is 2.32. The van der Waals surface area contributed by atoms with Gasteiger partial charge in [0.15, 0.2) is 0 Å². The Kier molecular flexibility index (Phi) is 7.32. The SMILES string of the molecule is Cc1cccc(-c2ccc(-c3cc4cnc(NC5CCOCC5)nc4n(Cc4ccccc4C)c3=O)c(Cl)c2)n1. The molecule has 0 bridgehead atoms. The highest BCUT2D eigenvalue weighted by Gasteiger charge is 2.19. The van der Waals surface area contributed by atoms with Crippen LogP contribution in [0.1, 0.15) is 29.7 Å². The van der Waals surface area contributed by atoms with E-state index in [2.05, 4.69) is 28.3 Å². The molecule has 2 aromatic carbocycles. The molecule has 1 N–H and O–H groups in total. The maximum Gasteiger partial charge on any atom is 0.260 e. The normalized spacial score (nSPS) is 14.0. The largest absolute Gasteiger partial charge is 0.381 e. The fraction of sp³-hybridized carbons (Fsp3) is 0.250. The van der Waals surface area contributed by atoms with E-state index in [1.54, 1.807) is 10.8 Å². The van der Waals surface area contributed by atoms with E-state index < -0.39 is 0 Å². The maximum absolute atomic E-state index is 14.1. The van der Waals surface area contributed by atoms with E-state index in [0.717, 1.165) is 46.3 Å². The topological polar surface area (TPSA) is 81.9 Å². The van der Waals surface area contributed by atoms with Crippen LogP contribution in [0.4, 0.5) is 5.95 Å². The molecule has 0 aliphatic carbocycles. The number of halogens is 1. The highest BCUT2D eigenvalue weighted by molar-refractivity contribution is 6.33. The average Bonchev–Trinajstić information content (AvgIpc) is 2.96. The van der Waals surface area contributed by atoms with Crippen LogP contribution in [-0.2, 0) is 11.3 Å². The van der Waals surface area contributed by atoms with Gasteiger partial charge < -0.3 is 10.1 Å². The van der Waals surface area contributed by atoms with Crippen LogP contribution in [0.2, 0.25) is 5.02 Å². The third kappa shape index (κ3) is 5.35. The van der Waals surface area contributed by atoms with Gasteiger partial charge in [-0.3, -0.25) is 14.3 Å². The number of aryl methyl sites for hydroxylation is 2. The van der Waals surface area contributed by atoms with Crippen molar-refractivity contribution in [3.63, 3.8) is 0 Å². The van der Waals surface area contributed by atoms with Crippen molar-refractivity contribution in [2.24, 2.45) is 0 Å². The van der Waals surface area contributed by atoms with E-state index in [-0.39, 0.29) is 11.6 Å². The van der Waals surface area contributed by atoms with Crippen LogP contribution in [-0.4, -0.2) is 38.8 Å². The molecule has 0 unspecified atom stereocenters. The summed E-state index contributed by atoms with van der Waals surface area (Å²) in [6, 6.07) is 21.8. The number of benzene rings is 2. The van der Waals surface area contributed by atoms with E-state index in [9.17, 15) is 4.79 Å². The molecule has 40 heavy (non-hydrogen) atoms. The second-order valence-corrected chi connectivity index (χ2v) is 10.6. The van der Waals surface area contributed by atoms with Crippen LogP contribution in [0.15, 0.2) is 77.7 Å². The minimum atomic E-state index is -0.158. The summed E-state index contributed by atoms with van der Waals surface area (Å²) >= 11 is 6.82. The lowest BCUT2D eigenvalue weighted by Crippen LogP contribution is -2.29. The number of hydrogen-bond acceptors (Lipinski definition) is 6. The number of fused-ring (bicyclic) bond motifs is 1. The molecule has 0 radical (unpaired) electrons. The van der Waals surface area contributed by atoms with E-state index in [1.807, 2.05) is 67.6 Å². The second-order valence-electron chi connectivity index (χ2n) is 10.2. The molecule has 0 spiro atoms. The molecule has 202 valence electrons. The van der Waals surface area contributed by atoms with Crippen LogP contribution in [0, 0.1) is 13.8 Å². The highest BCUT2D eigenvalue weighted by atomic mass is 35.5. The number of aromatic nitrogens is 4. The van der Waals surface area contributed by atoms with E-state index in [1.165, 1.54) is 0 Å². The van der Waals surface area contributed by atoms with Crippen LogP contribution in [0.5, 0.6) is 0 Å². The molecule has 1 aliphatic heterocycles. The van der Waals surface area contributed by atoms with Crippen molar-refractivity contribution in [2.45, 2.75) is 39.3 Å². The third-order valence-corrected chi connectivity index (χ3v) is 7.73. The Balaban J connectivity index is 1.46. The Hall–Kier alpha value is -4.07. The van der Waals surface area contributed by atoms with Crippen molar-refractivity contribution >= 4 is 28.6 Å². The summed E-state index contributed by atoms with van der Waals surface area (Å²) in [6.07, 6.45) is 3.56. The predicted molar refractivity (Wildman–Crippen MR) is 160 cm³/mol. The van der Waals surface area contributed by atoms with E-state index in [4.69, 9.17) is 21.3 Å².